The van der Waals surface area contributed by atoms with Crippen LogP contribution in [0.15, 0.2) is 46.4 Å². The van der Waals surface area contributed by atoms with Gasteiger partial charge in [0.1, 0.15) is 0 Å². The van der Waals surface area contributed by atoms with Gasteiger partial charge in [0.25, 0.3) is 0 Å². The van der Waals surface area contributed by atoms with E-state index in [1.807, 2.05) is 11.0 Å². The van der Waals surface area contributed by atoms with Gasteiger partial charge in [0, 0.05) is 13.1 Å². The van der Waals surface area contributed by atoms with Crippen molar-refractivity contribution in [1.82, 2.24) is 4.90 Å². The van der Waals surface area contributed by atoms with Crippen molar-refractivity contribution in [1.29, 1.82) is 0 Å². The lowest BCUT2D eigenvalue weighted by atomic mass is 10.1. The Labute approximate surface area is 144 Å². The van der Waals surface area contributed by atoms with Gasteiger partial charge in [-0.2, -0.15) is 18.2 Å². The number of hydrogen-bond acceptors (Lipinski definition) is 1. The van der Waals surface area contributed by atoms with Crippen LogP contribution in [0, 0.1) is 0 Å². The molecule has 0 spiro atoms. The molecule has 0 bridgehead atoms. The molecule has 132 valence electrons. The van der Waals surface area contributed by atoms with E-state index in [0.29, 0.717) is 12.1 Å². The predicted molar refractivity (Wildman–Crippen MR) is 91.0 cm³/mol. The SMILES string of the molecule is Cl.NC(=NCc1ccc(C(F)(F)F)cc1)N=C(N)N1CC=CCC1. The molecule has 0 aromatic heterocycles. The molecule has 1 heterocycles. The maximum Gasteiger partial charge on any atom is 0.416 e. The second kappa shape index (κ2) is 8.58. The van der Waals surface area contributed by atoms with Gasteiger partial charge >= 0.3 is 6.18 Å². The Morgan fingerprint density at radius 2 is 1.79 bits per heavy atom. The molecule has 5 nitrogen and oxygen atoms in total. The summed E-state index contributed by atoms with van der Waals surface area (Å²) in [6, 6.07) is 4.75. The molecule has 1 aliphatic rings. The number of guanidine groups is 2. The number of benzene rings is 1. The first kappa shape index (κ1) is 19.8. The molecule has 2 rings (SSSR count). The molecule has 0 saturated heterocycles. The molecule has 0 saturated carbocycles. The van der Waals surface area contributed by atoms with Gasteiger partial charge in [0.2, 0.25) is 5.96 Å². The lowest BCUT2D eigenvalue weighted by Crippen LogP contribution is -2.40. The van der Waals surface area contributed by atoms with E-state index in [1.165, 1.54) is 12.1 Å². The van der Waals surface area contributed by atoms with Gasteiger partial charge in [0.05, 0.1) is 12.1 Å². The fourth-order valence-electron chi connectivity index (χ4n) is 2.04. The van der Waals surface area contributed by atoms with Gasteiger partial charge in [-0.15, -0.1) is 12.4 Å². The van der Waals surface area contributed by atoms with Crippen LogP contribution in [0.4, 0.5) is 13.2 Å². The van der Waals surface area contributed by atoms with Crippen LogP contribution in [0.3, 0.4) is 0 Å². The summed E-state index contributed by atoms with van der Waals surface area (Å²) in [5.41, 5.74) is 11.4. The van der Waals surface area contributed by atoms with Crippen LogP contribution in [0.5, 0.6) is 0 Å². The molecule has 4 N–H and O–H groups in total. The van der Waals surface area contributed by atoms with E-state index in [9.17, 15) is 13.2 Å². The van der Waals surface area contributed by atoms with Crippen LogP contribution in [-0.4, -0.2) is 29.9 Å². The first-order chi connectivity index (χ1) is 10.9. The van der Waals surface area contributed by atoms with Crippen molar-refractivity contribution in [2.45, 2.75) is 19.1 Å². The van der Waals surface area contributed by atoms with E-state index in [2.05, 4.69) is 16.1 Å². The lowest BCUT2D eigenvalue weighted by Gasteiger charge is -2.23. The van der Waals surface area contributed by atoms with Crippen molar-refractivity contribution in [3.8, 4) is 0 Å². The van der Waals surface area contributed by atoms with Crippen molar-refractivity contribution in [3.63, 3.8) is 0 Å². The molecule has 0 atom stereocenters. The Morgan fingerprint density at radius 1 is 1.12 bits per heavy atom. The minimum Gasteiger partial charge on any atom is -0.369 e. The van der Waals surface area contributed by atoms with E-state index in [-0.39, 0.29) is 30.9 Å². The van der Waals surface area contributed by atoms with Gasteiger partial charge in [-0.1, -0.05) is 24.3 Å². The Kier molecular flexibility index (Phi) is 7.09. The highest BCUT2D eigenvalue weighted by atomic mass is 35.5. The van der Waals surface area contributed by atoms with Crippen LogP contribution in [-0.2, 0) is 12.7 Å². The number of rotatable bonds is 2. The maximum atomic E-state index is 12.5. The first-order valence-electron chi connectivity index (χ1n) is 7.06. The number of nitrogens with two attached hydrogens (primary N) is 2. The summed E-state index contributed by atoms with van der Waals surface area (Å²) >= 11 is 0. The number of alkyl halides is 3. The lowest BCUT2D eigenvalue weighted by molar-refractivity contribution is -0.137. The summed E-state index contributed by atoms with van der Waals surface area (Å²) in [5.74, 6) is 0.278. The van der Waals surface area contributed by atoms with Gasteiger partial charge in [-0.25, -0.2) is 4.99 Å². The zero-order valence-electron chi connectivity index (χ0n) is 12.8. The molecule has 9 heteroatoms. The van der Waals surface area contributed by atoms with Crippen LogP contribution in [0.2, 0.25) is 0 Å². The molecule has 0 fully saturated rings. The third-order valence-corrected chi connectivity index (χ3v) is 3.32. The van der Waals surface area contributed by atoms with Crippen molar-refractivity contribution in [2.24, 2.45) is 21.5 Å². The summed E-state index contributed by atoms with van der Waals surface area (Å²) in [6.45, 7) is 1.57. The summed E-state index contributed by atoms with van der Waals surface area (Å²) in [4.78, 5) is 9.89. The van der Waals surface area contributed by atoms with E-state index < -0.39 is 11.7 Å². The highest BCUT2D eigenvalue weighted by Crippen LogP contribution is 2.29. The van der Waals surface area contributed by atoms with E-state index in [1.54, 1.807) is 0 Å². The molecular formula is C15H19ClF3N5. The molecule has 0 radical (unpaired) electrons. The number of aliphatic imine (C=N–C) groups is 2. The summed E-state index contributed by atoms with van der Waals surface area (Å²) in [7, 11) is 0. The minimum atomic E-state index is -4.34. The predicted octanol–water partition coefficient (Wildman–Crippen LogP) is 2.52. The van der Waals surface area contributed by atoms with Crippen molar-refractivity contribution < 1.29 is 13.2 Å². The van der Waals surface area contributed by atoms with Crippen LogP contribution in [0.1, 0.15) is 17.5 Å². The average molecular weight is 362 g/mol. The van der Waals surface area contributed by atoms with Crippen LogP contribution in [0.25, 0.3) is 0 Å². The van der Waals surface area contributed by atoms with Crippen molar-refractivity contribution in [3.05, 3.63) is 47.5 Å². The molecule has 1 aromatic rings. The normalized spacial score (nSPS) is 16.0. The molecule has 0 unspecified atom stereocenters. The number of halogens is 4. The number of hydrogen-bond donors (Lipinski definition) is 2. The molecule has 1 aliphatic heterocycles. The standard InChI is InChI=1S/C15H18F3N5.ClH/c16-15(17,18)12-6-4-11(5-7-12)10-21-13(19)22-14(20)23-8-2-1-3-9-23;/h1-2,4-7H,3,8-10H2,(H4,19,20,21,22);1H. The van der Waals surface area contributed by atoms with Crippen LogP contribution < -0.4 is 11.5 Å². The highest BCUT2D eigenvalue weighted by Gasteiger charge is 2.29. The summed E-state index contributed by atoms with van der Waals surface area (Å²) in [5, 5.41) is 0. The molecule has 24 heavy (non-hydrogen) atoms. The first-order valence-corrected chi connectivity index (χ1v) is 7.06. The Hall–Kier alpha value is -2.22. The van der Waals surface area contributed by atoms with Gasteiger partial charge in [-0.3, -0.25) is 0 Å². The highest BCUT2D eigenvalue weighted by molar-refractivity contribution is 5.93. The molecule has 1 aromatic carbocycles. The minimum absolute atomic E-state index is 0. The van der Waals surface area contributed by atoms with Crippen molar-refractivity contribution in [2.75, 3.05) is 13.1 Å². The molecular weight excluding hydrogens is 343 g/mol. The quantitative estimate of drug-likeness (QED) is 0.482. The van der Waals surface area contributed by atoms with E-state index in [4.69, 9.17) is 11.5 Å². The topological polar surface area (TPSA) is 80.0 Å². The third kappa shape index (κ3) is 5.77. The maximum absolute atomic E-state index is 12.5. The zero-order valence-corrected chi connectivity index (χ0v) is 13.6. The zero-order chi connectivity index (χ0) is 16.9. The largest absolute Gasteiger partial charge is 0.416 e. The Morgan fingerprint density at radius 3 is 2.33 bits per heavy atom. The molecule has 0 aliphatic carbocycles. The Bertz CT molecular complexity index is 623. The fraction of sp³-hybridized carbons (Fsp3) is 0.333. The summed E-state index contributed by atoms with van der Waals surface area (Å²) in [6.07, 6.45) is 0.592. The number of nitrogens with zero attached hydrogens (tertiary/aromatic N) is 3. The van der Waals surface area contributed by atoms with Gasteiger partial charge < -0.3 is 16.4 Å². The second-order valence-corrected chi connectivity index (χ2v) is 5.05. The van der Waals surface area contributed by atoms with Gasteiger partial charge in [0.15, 0.2) is 5.96 Å². The smallest absolute Gasteiger partial charge is 0.369 e. The third-order valence-electron chi connectivity index (χ3n) is 3.32. The van der Waals surface area contributed by atoms with Crippen molar-refractivity contribution >= 4 is 24.3 Å². The fourth-order valence-corrected chi connectivity index (χ4v) is 2.04. The monoisotopic (exact) mass is 361 g/mol. The Balaban J connectivity index is 0.00000288. The molecule has 0 amide bonds. The van der Waals surface area contributed by atoms with Gasteiger partial charge in [-0.05, 0) is 24.1 Å². The van der Waals surface area contributed by atoms with E-state index >= 15 is 0 Å². The van der Waals surface area contributed by atoms with Crippen LogP contribution >= 0.6 is 12.4 Å². The second-order valence-electron chi connectivity index (χ2n) is 5.05. The van der Waals surface area contributed by atoms with E-state index in [0.717, 1.165) is 25.1 Å². The summed E-state index contributed by atoms with van der Waals surface area (Å²) < 4.78 is 37.4. The average Bonchev–Trinajstić information content (AvgIpc) is 2.53.